The van der Waals surface area contributed by atoms with Gasteiger partial charge in [-0.2, -0.15) is 13.2 Å². The van der Waals surface area contributed by atoms with E-state index in [9.17, 15) is 18.0 Å². The predicted octanol–water partition coefficient (Wildman–Crippen LogP) is 2.09. The molecule has 1 amide bonds. The van der Waals surface area contributed by atoms with Crippen molar-refractivity contribution in [3.05, 3.63) is 47.1 Å². The Hall–Kier alpha value is -2.58. The molecular weight excluding hydrogens is 311 g/mol. The Morgan fingerprint density at radius 1 is 1.17 bits per heavy atom. The molecule has 0 spiro atoms. The second kappa shape index (κ2) is 6.67. The van der Waals surface area contributed by atoms with Crippen molar-refractivity contribution in [3.63, 3.8) is 0 Å². The highest BCUT2D eigenvalue weighted by atomic mass is 19.4. The summed E-state index contributed by atoms with van der Waals surface area (Å²) in [7, 11) is 0. The molecule has 6 nitrogen and oxygen atoms in total. The average Bonchev–Trinajstić information content (AvgIpc) is 2.51. The predicted molar refractivity (Wildman–Crippen MR) is 74.4 cm³/mol. The van der Waals surface area contributed by atoms with Crippen LogP contribution in [0.4, 0.5) is 13.2 Å². The van der Waals surface area contributed by atoms with E-state index in [1.54, 1.807) is 0 Å². The van der Waals surface area contributed by atoms with Gasteiger partial charge in [0, 0.05) is 24.5 Å². The number of carbonyl (C=O) groups is 1. The van der Waals surface area contributed by atoms with Crippen LogP contribution < -0.4 is 5.32 Å². The van der Waals surface area contributed by atoms with Crippen LogP contribution in [0.25, 0.3) is 0 Å². The summed E-state index contributed by atoms with van der Waals surface area (Å²) in [5, 5.41) is 2.45. The SMILES string of the molecule is CCc1ncc(C(=O)NCc2nc(C)cc(C(F)(F)F)n2)cn1. The summed E-state index contributed by atoms with van der Waals surface area (Å²) in [6.07, 6.45) is -1.20. The number of carbonyl (C=O) groups excluding carboxylic acids is 1. The monoisotopic (exact) mass is 325 g/mol. The van der Waals surface area contributed by atoms with Crippen molar-refractivity contribution < 1.29 is 18.0 Å². The number of rotatable bonds is 4. The zero-order chi connectivity index (χ0) is 17.0. The molecule has 2 aromatic heterocycles. The summed E-state index contributed by atoms with van der Waals surface area (Å²) in [6, 6.07) is 0.850. The number of hydrogen-bond donors (Lipinski definition) is 1. The number of aromatic nitrogens is 4. The lowest BCUT2D eigenvalue weighted by Crippen LogP contribution is -2.25. The number of halogens is 3. The Bertz CT molecular complexity index is 701. The largest absolute Gasteiger partial charge is 0.433 e. The maximum absolute atomic E-state index is 12.7. The first kappa shape index (κ1) is 16.8. The molecule has 0 saturated heterocycles. The van der Waals surface area contributed by atoms with Crippen LogP contribution in [-0.4, -0.2) is 25.8 Å². The molecule has 2 rings (SSSR count). The topological polar surface area (TPSA) is 80.7 Å². The van der Waals surface area contributed by atoms with Gasteiger partial charge in [-0.15, -0.1) is 0 Å². The zero-order valence-corrected chi connectivity index (χ0v) is 12.5. The Kier molecular flexibility index (Phi) is 4.87. The Morgan fingerprint density at radius 2 is 1.83 bits per heavy atom. The fourth-order valence-electron chi connectivity index (χ4n) is 1.77. The number of nitrogens with one attached hydrogen (secondary N) is 1. The lowest BCUT2D eigenvalue weighted by molar-refractivity contribution is -0.141. The van der Waals surface area contributed by atoms with Crippen LogP contribution in [0.1, 0.15) is 40.3 Å². The average molecular weight is 325 g/mol. The van der Waals surface area contributed by atoms with E-state index >= 15 is 0 Å². The van der Waals surface area contributed by atoms with Gasteiger partial charge >= 0.3 is 6.18 Å². The van der Waals surface area contributed by atoms with Crippen molar-refractivity contribution in [2.24, 2.45) is 0 Å². The van der Waals surface area contributed by atoms with Gasteiger partial charge in [-0.05, 0) is 13.0 Å². The van der Waals surface area contributed by atoms with Gasteiger partial charge in [-0.3, -0.25) is 4.79 Å². The maximum atomic E-state index is 12.7. The maximum Gasteiger partial charge on any atom is 0.433 e. The van der Waals surface area contributed by atoms with Gasteiger partial charge in [0.25, 0.3) is 5.91 Å². The fourth-order valence-corrected chi connectivity index (χ4v) is 1.77. The first-order chi connectivity index (χ1) is 10.8. The van der Waals surface area contributed by atoms with Gasteiger partial charge < -0.3 is 5.32 Å². The van der Waals surface area contributed by atoms with Crippen molar-refractivity contribution in [1.29, 1.82) is 0 Å². The zero-order valence-electron chi connectivity index (χ0n) is 12.5. The Morgan fingerprint density at radius 3 is 2.39 bits per heavy atom. The molecule has 0 aromatic carbocycles. The first-order valence-electron chi connectivity index (χ1n) is 6.80. The lowest BCUT2D eigenvalue weighted by atomic mass is 10.3. The highest BCUT2D eigenvalue weighted by Gasteiger charge is 2.33. The summed E-state index contributed by atoms with van der Waals surface area (Å²) < 4.78 is 38.1. The normalized spacial score (nSPS) is 11.3. The highest BCUT2D eigenvalue weighted by molar-refractivity contribution is 5.93. The summed E-state index contributed by atoms with van der Waals surface area (Å²) in [5.74, 6) is -0.0264. The first-order valence-corrected chi connectivity index (χ1v) is 6.80. The van der Waals surface area contributed by atoms with Crippen LogP contribution in [0.3, 0.4) is 0 Å². The molecule has 2 aromatic rings. The third kappa shape index (κ3) is 4.44. The van der Waals surface area contributed by atoms with Gasteiger partial charge in [0.2, 0.25) is 0 Å². The van der Waals surface area contributed by atoms with Gasteiger partial charge in [-0.1, -0.05) is 6.92 Å². The number of hydrogen-bond acceptors (Lipinski definition) is 5. The van der Waals surface area contributed by atoms with Crippen LogP contribution in [0.5, 0.6) is 0 Å². The lowest BCUT2D eigenvalue weighted by Gasteiger charge is -2.09. The van der Waals surface area contributed by atoms with Crippen molar-refractivity contribution in [2.75, 3.05) is 0 Å². The van der Waals surface area contributed by atoms with Crippen molar-refractivity contribution >= 4 is 5.91 Å². The summed E-state index contributed by atoms with van der Waals surface area (Å²) in [4.78, 5) is 27.2. The van der Waals surface area contributed by atoms with Crippen molar-refractivity contribution in [1.82, 2.24) is 25.3 Å². The summed E-state index contributed by atoms with van der Waals surface area (Å²) in [5.41, 5.74) is -0.650. The standard InChI is InChI=1S/C14H14F3N5O/c1-3-11-18-5-9(6-19-11)13(23)20-7-12-21-8(2)4-10(22-12)14(15,16)17/h4-6H,3,7H2,1-2H3,(H,20,23). The van der Waals surface area contributed by atoms with Crippen LogP contribution >= 0.6 is 0 Å². The van der Waals surface area contributed by atoms with Gasteiger partial charge in [-0.25, -0.2) is 19.9 Å². The third-order valence-corrected chi connectivity index (χ3v) is 2.88. The quantitative estimate of drug-likeness (QED) is 0.931. The molecule has 1 N–H and O–H groups in total. The molecule has 0 atom stereocenters. The number of amides is 1. The van der Waals surface area contributed by atoms with E-state index in [1.807, 2.05) is 6.92 Å². The van der Waals surface area contributed by atoms with Crippen molar-refractivity contribution in [2.45, 2.75) is 33.0 Å². The Labute approximate surface area is 130 Å². The third-order valence-electron chi connectivity index (χ3n) is 2.88. The van der Waals surface area contributed by atoms with E-state index in [4.69, 9.17) is 0 Å². The minimum atomic E-state index is -4.56. The molecule has 0 unspecified atom stereocenters. The minimum absolute atomic E-state index is 0.114. The molecule has 9 heteroatoms. The van der Waals surface area contributed by atoms with Crippen molar-refractivity contribution in [3.8, 4) is 0 Å². The van der Waals surface area contributed by atoms with E-state index in [-0.39, 0.29) is 23.6 Å². The van der Waals surface area contributed by atoms with E-state index in [2.05, 4.69) is 25.3 Å². The molecule has 0 radical (unpaired) electrons. The van der Waals surface area contributed by atoms with Crippen LogP contribution in [0.15, 0.2) is 18.5 Å². The van der Waals surface area contributed by atoms with E-state index in [1.165, 1.54) is 19.3 Å². The highest BCUT2D eigenvalue weighted by Crippen LogP contribution is 2.27. The molecule has 0 aliphatic rings. The second-order valence-electron chi connectivity index (χ2n) is 4.73. The van der Waals surface area contributed by atoms with Gasteiger partial charge in [0.1, 0.15) is 17.3 Å². The van der Waals surface area contributed by atoms with Crippen LogP contribution in [0, 0.1) is 6.92 Å². The summed E-state index contributed by atoms with van der Waals surface area (Å²) >= 11 is 0. The molecule has 122 valence electrons. The molecule has 0 fully saturated rings. The number of nitrogens with zero attached hydrogens (tertiary/aromatic N) is 4. The van der Waals surface area contributed by atoms with E-state index in [0.717, 1.165) is 6.07 Å². The Balaban J connectivity index is 2.08. The van der Waals surface area contributed by atoms with E-state index < -0.39 is 17.8 Å². The van der Waals surface area contributed by atoms with E-state index in [0.29, 0.717) is 12.2 Å². The minimum Gasteiger partial charge on any atom is -0.345 e. The van der Waals surface area contributed by atoms with Gasteiger partial charge in [0.15, 0.2) is 0 Å². The molecule has 23 heavy (non-hydrogen) atoms. The fraction of sp³-hybridized carbons (Fsp3) is 0.357. The molecule has 0 aliphatic heterocycles. The molecule has 0 aliphatic carbocycles. The van der Waals surface area contributed by atoms with Crippen LogP contribution in [0.2, 0.25) is 0 Å². The molecule has 0 saturated carbocycles. The smallest absolute Gasteiger partial charge is 0.345 e. The molecule has 0 bridgehead atoms. The van der Waals surface area contributed by atoms with Gasteiger partial charge in [0.05, 0.1) is 12.1 Å². The summed E-state index contributed by atoms with van der Waals surface area (Å²) in [6.45, 7) is 3.08. The van der Waals surface area contributed by atoms with Crippen LogP contribution in [-0.2, 0) is 19.1 Å². The molecule has 2 heterocycles. The molecular formula is C14H14F3N5O. The second-order valence-corrected chi connectivity index (χ2v) is 4.73. The number of aryl methyl sites for hydroxylation is 2. The number of alkyl halides is 3.